The molecule has 0 spiro atoms. The molecule has 18 heavy (non-hydrogen) atoms. The number of para-hydroxylation sites is 1. The smallest absolute Gasteiger partial charge is 0.268 e. The Morgan fingerprint density at radius 1 is 1.33 bits per heavy atom. The van der Waals surface area contributed by atoms with Crippen molar-refractivity contribution in [1.82, 2.24) is 10.3 Å². The van der Waals surface area contributed by atoms with Crippen LogP contribution in [-0.2, 0) is 0 Å². The minimum Gasteiger partial charge on any atom is -0.350 e. The summed E-state index contributed by atoms with van der Waals surface area (Å²) >= 11 is 5.95. The number of amides is 1. The number of carbonyl (C=O) groups excluding carboxylic acids is 1. The third kappa shape index (κ3) is 2.24. The van der Waals surface area contributed by atoms with Gasteiger partial charge in [0, 0.05) is 16.9 Å². The van der Waals surface area contributed by atoms with Gasteiger partial charge >= 0.3 is 0 Å². The summed E-state index contributed by atoms with van der Waals surface area (Å²) in [5.41, 5.74) is 0.370. The summed E-state index contributed by atoms with van der Waals surface area (Å²) in [5.74, 6) is -0.336. The number of rotatable bonds is 2. The molecular weight excluding hydrogens is 252 g/mol. The van der Waals surface area contributed by atoms with Gasteiger partial charge in [0.05, 0.1) is 5.56 Å². The molecular formula is C13H13ClN2O2. The van der Waals surface area contributed by atoms with Gasteiger partial charge in [-0.2, -0.15) is 0 Å². The van der Waals surface area contributed by atoms with Gasteiger partial charge in [0.25, 0.3) is 11.5 Å². The molecule has 0 atom stereocenters. The zero-order valence-corrected chi connectivity index (χ0v) is 10.8. The molecule has 2 aromatic rings. The van der Waals surface area contributed by atoms with Crippen molar-refractivity contribution >= 4 is 28.4 Å². The maximum Gasteiger partial charge on any atom is 0.268 e. The summed E-state index contributed by atoms with van der Waals surface area (Å²) in [4.78, 5) is 26.4. The predicted octanol–water partition coefficient (Wildman–Crippen LogP) is 2.32. The van der Waals surface area contributed by atoms with Gasteiger partial charge in [-0.25, -0.2) is 0 Å². The normalized spacial score (nSPS) is 10.9. The third-order valence-corrected chi connectivity index (χ3v) is 2.87. The van der Waals surface area contributed by atoms with Gasteiger partial charge in [0.1, 0.15) is 5.02 Å². The molecule has 1 aromatic heterocycles. The van der Waals surface area contributed by atoms with E-state index in [9.17, 15) is 9.59 Å². The van der Waals surface area contributed by atoms with Crippen LogP contribution in [0.25, 0.3) is 10.9 Å². The van der Waals surface area contributed by atoms with Crippen molar-refractivity contribution in [3.05, 3.63) is 45.2 Å². The van der Waals surface area contributed by atoms with Gasteiger partial charge in [-0.05, 0) is 19.9 Å². The van der Waals surface area contributed by atoms with E-state index in [1.54, 1.807) is 24.3 Å². The minimum absolute atomic E-state index is 0.0217. The first-order valence-corrected chi connectivity index (χ1v) is 6.00. The molecule has 94 valence electrons. The van der Waals surface area contributed by atoms with Crippen LogP contribution in [0.2, 0.25) is 5.02 Å². The molecule has 0 saturated carbocycles. The predicted molar refractivity (Wildman–Crippen MR) is 72.2 cm³/mol. The number of aromatic nitrogens is 1. The Balaban J connectivity index is 2.71. The first-order chi connectivity index (χ1) is 8.50. The van der Waals surface area contributed by atoms with Crippen molar-refractivity contribution in [1.29, 1.82) is 0 Å². The highest BCUT2D eigenvalue weighted by Gasteiger charge is 2.17. The number of hydrogen-bond donors (Lipinski definition) is 2. The monoisotopic (exact) mass is 264 g/mol. The largest absolute Gasteiger partial charge is 0.350 e. The number of aromatic amines is 1. The Hall–Kier alpha value is -1.81. The summed E-state index contributed by atoms with van der Waals surface area (Å²) in [6.45, 7) is 3.70. The van der Waals surface area contributed by atoms with Crippen LogP contribution in [0, 0.1) is 0 Å². The molecule has 1 amide bonds. The second kappa shape index (κ2) is 4.82. The average molecular weight is 265 g/mol. The lowest BCUT2D eigenvalue weighted by Gasteiger charge is -2.11. The van der Waals surface area contributed by atoms with Crippen LogP contribution in [0.1, 0.15) is 24.2 Å². The number of fused-ring (bicyclic) bond motifs is 1. The summed E-state index contributed by atoms with van der Waals surface area (Å²) in [6, 6.07) is 7.05. The van der Waals surface area contributed by atoms with Crippen LogP contribution in [0.4, 0.5) is 0 Å². The summed E-state index contributed by atoms with van der Waals surface area (Å²) in [7, 11) is 0. The van der Waals surface area contributed by atoms with Gasteiger partial charge < -0.3 is 10.3 Å². The molecule has 0 saturated heterocycles. The molecule has 0 aliphatic carbocycles. The zero-order chi connectivity index (χ0) is 13.3. The van der Waals surface area contributed by atoms with E-state index in [0.29, 0.717) is 10.9 Å². The molecule has 0 unspecified atom stereocenters. The molecule has 0 fully saturated rings. The summed E-state index contributed by atoms with van der Waals surface area (Å²) in [5, 5.41) is 3.31. The molecule has 1 heterocycles. The molecule has 4 nitrogen and oxygen atoms in total. The second-order valence-electron chi connectivity index (χ2n) is 4.32. The van der Waals surface area contributed by atoms with E-state index < -0.39 is 5.56 Å². The fraction of sp³-hybridized carbons (Fsp3) is 0.231. The maximum atomic E-state index is 12.1. The number of nitrogens with one attached hydrogen (secondary N) is 2. The molecule has 2 N–H and O–H groups in total. The number of carbonyl (C=O) groups is 1. The maximum absolute atomic E-state index is 12.1. The fourth-order valence-corrected chi connectivity index (χ4v) is 2.01. The second-order valence-corrected chi connectivity index (χ2v) is 4.69. The van der Waals surface area contributed by atoms with Crippen molar-refractivity contribution in [3.8, 4) is 0 Å². The van der Waals surface area contributed by atoms with E-state index in [1.807, 2.05) is 13.8 Å². The Kier molecular flexibility index (Phi) is 3.39. The van der Waals surface area contributed by atoms with Gasteiger partial charge in [0.2, 0.25) is 0 Å². The number of halogens is 1. The van der Waals surface area contributed by atoms with Gasteiger partial charge in [0.15, 0.2) is 0 Å². The lowest BCUT2D eigenvalue weighted by Crippen LogP contribution is -2.31. The quantitative estimate of drug-likeness (QED) is 0.874. The number of benzene rings is 1. The first-order valence-electron chi connectivity index (χ1n) is 5.62. The molecule has 0 aliphatic heterocycles. The number of hydrogen-bond acceptors (Lipinski definition) is 2. The summed E-state index contributed by atoms with van der Waals surface area (Å²) < 4.78 is 0. The molecule has 2 rings (SSSR count). The van der Waals surface area contributed by atoms with Crippen molar-refractivity contribution in [2.75, 3.05) is 0 Å². The highest BCUT2D eigenvalue weighted by Crippen LogP contribution is 2.21. The number of pyridine rings is 1. The van der Waals surface area contributed by atoms with E-state index in [0.717, 1.165) is 0 Å². The highest BCUT2D eigenvalue weighted by molar-refractivity contribution is 6.35. The minimum atomic E-state index is -0.454. The Morgan fingerprint density at radius 3 is 2.67 bits per heavy atom. The Labute approximate surface area is 109 Å². The van der Waals surface area contributed by atoms with Gasteiger partial charge in [-0.1, -0.05) is 29.8 Å². The Morgan fingerprint density at radius 2 is 2.00 bits per heavy atom. The standard InChI is InChI=1S/C13H13ClN2O2/c1-7(2)15-12(17)10-8-5-3-4-6-9(8)16-13(18)11(10)14/h3-7H,1-2H3,(H,15,17)(H,16,18). The molecule has 0 radical (unpaired) electrons. The lowest BCUT2D eigenvalue weighted by molar-refractivity contribution is 0.0945. The van der Waals surface area contributed by atoms with E-state index >= 15 is 0 Å². The third-order valence-electron chi connectivity index (χ3n) is 2.51. The van der Waals surface area contributed by atoms with E-state index in [1.165, 1.54) is 0 Å². The number of H-pyrrole nitrogens is 1. The SMILES string of the molecule is CC(C)NC(=O)c1c(Cl)c(=O)[nH]c2ccccc12. The van der Waals surface area contributed by atoms with Crippen LogP contribution in [0.15, 0.2) is 29.1 Å². The zero-order valence-electron chi connectivity index (χ0n) is 10.1. The van der Waals surface area contributed by atoms with E-state index in [2.05, 4.69) is 10.3 Å². The molecule has 0 bridgehead atoms. The van der Waals surface area contributed by atoms with Crippen molar-refractivity contribution < 1.29 is 4.79 Å². The molecule has 0 aliphatic rings. The molecule has 5 heteroatoms. The van der Waals surface area contributed by atoms with Gasteiger partial charge in [-0.3, -0.25) is 9.59 Å². The van der Waals surface area contributed by atoms with E-state index in [-0.39, 0.29) is 22.5 Å². The average Bonchev–Trinajstić information content (AvgIpc) is 2.29. The molecule has 1 aromatic carbocycles. The van der Waals surface area contributed by atoms with Crippen LogP contribution in [-0.4, -0.2) is 16.9 Å². The van der Waals surface area contributed by atoms with E-state index in [4.69, 9.17) is 11.6 Å². The van der Waals surface area contributed by atoms with Crippen LogP contribution in [0.3, 0.4) is 0 Å². The van der Waals surface area contributed by atoms with Crippen LogP contribution >= 0.6 is 11.6 Å². The first kappa shape index (κ1) is 12.6. The van der Waals surface area contributed by atoms with Crippen molar-refractivity contribution in [2.45, 2.75) is 19.9 Å². The Bertz CT molecular complexity index is 662. The highest BCUT2D eigenvalue weighted by atomic mass is 35.5. The lowest BCUT2D eigenvalue weighted by atomic mass is 10.1. The van der Waals surface area contributed by atoms with Crippen LogP contribution in [0.5, 0.6) is 0 Å². The topological polar surface area (TPSA) is 62.0 Å². The van der Waals surface area contributed by atoms with Crippen LogP contribution < -0.4 is 10.9 Å². The van der Waals surface area contributed by atoms with Crippen molar-refractivity contribution in [2.24, 2.45) is 0 Å². The van der Waals surface area contributed by atoms with Gasteiger partial charge in [-0.15, -0.1) is 0 Å². The fourth-order valence-electron chi connectivity index (χ4n) is 1.78. The summed E-state index contributed by atoms with van der Waals surface area (Å²) in [6.07, 6.45) is 0. The van der Waals surface area contributed by atoms with Crippen molar-refractivity contribution in [3.63, 3.8) is 0 Å².